The third kappa shape index (κ3) is 2.33. The van der Waals surface area contributed by atoms with Gasteiger partial charge in [-0.15, -0.1) is 0 Å². The molecule has 0 radical (unpaired) electrons. The van der Waals surface area contributed by atoms with Crippen molar-refractivity contribution < 1.29 is 23.7 Å². The summed E-state index contributed by atoms with van der Waals surface area (Å²) in [6.45, 7) is 0.0906. The number of ketones is 1. The number of ether oxygens (including phenoxy) is 4. The summed E-state index contributed by atoms with van der Waals surface area (Å²) >= 11 is 0. The van der Waals surface area contributed by atoms with E-state index in [2.05, 4.69) is 6.07 Å². The maximum atomic E-state index is 12.6. The van der Waals surface area contributed by atoms with Gasteiger partial charge in [0.2, 0.25) is 18.4 Å². The van der Waals surface area contributed by atoms with Gasteiger partial charge in [-0.05, 0) is 24.1 Å². The SMILES string of the molecule is COc1cc(C2C3=C(CCCC3=O)OC(=N)C2C#N)cc2c1OCO2. The predicted molar refractivity (Wildman–Crippen MR) is 85.7 cm³/mol. The summed E-state index contributed by atoms with van der Waals surface area (Å²) in [5, 5.41) is 17.7. The van der Waals surface area contributed by atoms with Crippen LogP contribution >= 0.6 is 0 Å². The number of rotatable bonds is 2. The van der Waals surface area contributed by atoms with Crippen LogP contribution in [0.1, 0.15) is 30.7 Å². The van der Waals surface area contributed by atoms with Crippen molar-refractivity contribution in [1.82, 2.24) is 0 Å². The largest absolute Gasteiger partial charge is 0.493 e. The van der Waals surface area contributed by atoms with Crippen LogP contribution in [0.25, 0.3) is 0 Å². The summed E-state index contributed by atoms with van der Waals surface area (Å²) in [6, 6.07) is 5.61. The maximum Gasteiger partial charge on any atom is 0.231 e. The quantitative estimate of drug-likeness (QED) is 0.888. The molecule has 2 heterocycles. The topological polar surface area (TPSA) is 102 Å². The highest BCUT2D eigenvalue weighted by molar-refractivity contribution is 6.01. The monoisotopic (exact) mass is 340 g/mol. The summed E-state index contributed by atoms with van der Waals surface area (Å²) in [5.74, 6) is 0.400. The molecule has 2 aliphatic heterocycles. The first-order valence-corrected chi connectivity index (χ1v) is 8.03. The van der Waals surface area contributed by atoms with E-state index in [1.807, 2.05) is 0 Å². The molecule has 1 aromatic rings. The molecule has 7 nitrogen and oxygen atoms in total. The van der Waals surface area contributed by atoms with Gasteiger partial charge in [-0.2, -0.15) is 5.26 Å². The zero-order chi connectivity index (χ0) is 17.6. The number of Topliss-reactive ketones (excluding diaryl/α,β-unsaturated/α-hetero) is 1. The number of carbonyl (C=O) groups is 1. The van der Waals surface area contributed by atoms with E-state index in [0.717, 1.165) is 0 Å². The Balaban J connectivity index is 1.90. The molecule has 7 heteroatoms. The van der Waals surface area contributed by atoms with Gasteiger partial charge in [-0.3, -0.25) is 10.2 Å². The molecule has 1 aromatic carbocycles. The number of carbonyl (C=O) groups excluding carboxylic acids is 1. The maximum absolute atomic E-state index is 12.6. The van der Waals surface area contributed by atoms with E-state index >= 15 is 0 Å². The van der Waals surface area contributed by atoms with Crippen molar-refractivity contribution in [2.45, 2.75) is 25.2 Å². The summed E-state index contributed by atoms with van der Waals surface area (Å²) in [7, 11) is 1.52. The predicted octanol–water partition coefficient (Wildman–Crippen LogP) is 2.66. The second kappa shape index (κ2) is 5.81. The van der Waals surface area contributed by atoms with Crippen LogP contribution in [-0.4, -0.2) is 25.6 Å². The molecule has 0 bridgehead atoms. The van der Waals surface area contributed by atoms with Gasteiger partial charge in [0, 0.05) is 24.3 Å². The summed E-state index contributed by atoms with van der Waals surface area (Å²) < 4.78 is 21.7. The van der Waals surface area contributed by atoms with Crippen LogP contribution in [0.2, 0.25) is 0 Å². The highest BCUT2D eigenvalue weighted by Crippen LogP contribution is 2.48. The lowest BCUT2D eigenvalue weighted by atomic mass is 9.74. The van der Waals surface area contributed by atoms with Gasteiger partial charge in [0.25, 0.3) is 0 Å². The van der Waals surface area contributed by atoms with Crippen LogP contribution in [0, 0.1) is 22.7 Å². The number of methoxy groups -OCH3 is 1. The highest BCUT2D eigenvalue weighted by atomic mass is 16.7. The van der Waals surface area contributed by atoms with Crippen molar-refractivity contribution in [2.75, 3.05) is 13.9 Å². The Morgan fingerprint density at radius 3 is 2.92 bits per heavy atom. The Morgan fingerprint density at radius 2 is 2.16 bits per heavy atom. The molecule has 0 saturated heterocycles. The molecule has 2 unspecified atom stereocenters. The van der Waals surface area contributed by atoms with Gasteiger partial charge in [-0.1, -0.05) is 0 Å². The molecule has 1 aliphatic carbocycles. The minimum absolute atomic E-state index is 0.0318. The van der Waals surface area contributed by atoms with Gasteiger partial charge < -0.3 is 18.9 Å². The van der Waals surface area contributed by atoms with Gasteiger partial charge in [0.05, 0.1) is 13.2 Å². The molecule has 0 spiro atoms. The first-order chi connectivity index (χ1) is 12.1. The molecule has 0 amide bonds. The van der Waals surface area contributed by atoms with E-state index in [1.54, 1.807) is 12.1 Å². The minimum atomic E-state index is -0.870. The second-order valence-corrected chi connectivity index (χ2v) is 6.12. The first-order valence-electron chi connectivity index (χ1n) is 8.03. The highest BCUT2D eigenvalue weighted by Gasteiger charge is 2.43. The van der Waals surface area contributed by atoms with E-state index < -0.39 is 11.8 Å². The van der Waals surface area contributed by atoms with Crippen LogP contribution < -0.4 is 14.2 Å². The number of fused-ring (bicyclic) bond motifs is 1. The molecule has 2 atom stereocenters. The summed E-state index contributed by atoms with van der Waals surface area (Å²) in [5.41, 5.74) is 1.18. The number of hydrogen-bond donors (Lipinski definition) is 1. The molecular formula is C18H16N2O5. The molecular weight excluding hydrogens is 324 g/mol. The zero-order valence-corrected chi connectivity index (χ0v) is 13.6. The summed E-state index contributed by atoms with van der Waals surface area (Å²) in [6.07, 6.45) is 1.71. The Morgan fingerprint density at radius 1 is 1.32 bits per heavy atom. The Hall–Kier alpha value is -3.01. The third-order valence-electron chi connectivity index (χ3n) is 4.75. The number of nitrogens with one attached hydrogen (secondary N) is 1. The van der Waals surface area contributed by atoms with Gasteiger partial charge in [-0.25, -0.2) is 0 Å². The van der Waals surface area contributed by atoms with Crippen LogP contribution in [0.5, 0.6) is 17.2 Å². The van der Waals surface area contributed by atoms with Crippen molar-refractivity contribution in [2.24, 2.45) is 5.92 Å². The normalized spacial score (nSPS) is 24.5. The molecule has 3 aliphatic rings. The number of nitrogens with zero attached hydrogens (tertiary/aromatic N) is 1. The molecule has 0 aromatic heterocycles. The first kappa shape index (κ1) is 15.5. The fourth-order valence-corrected chi connectivity index (χ4v) is 3.62. The molecule has 1 N–H and O–H groups in total. The van der Waals surface area contributed by atoms with E-state index in [4.69, 9.17) is 24.4 Å². The third-order valence-corrected chi connectivity index (χ3v) is 4.75. The fraction of sp³-hybridized carbons (Fsp3) is 0.389. The molecule has 128 valence electrons. The van der Waals surface area contributed by atoms with Crippen LogP contribution in [0.3, 0.4) is 0 Å². The van der Waals surface area contributed by atoms with Crippen molar-refractivity contribution in [3.8, 4) is 23.3 Å². The Bertz CT molecular complexity index is 852. The van der Waals surface area contributed by atoms with Crippen molar-refractivity contribution in [3.63, 3.8) is 0 Å². The van der Waals surface area contributed by atoms with E-state index in [1.165, 1.54) is 7.11 Å². The lowest BCUT2D eigenvalue weighted by Crippen LogP contribution is -2.34. The lowest BCUT2D eigenvalue weighted by molar-refractivity contribution is -0.116. The Kier molecular flexibility index (Phi) is 3.61. The number of benzene rings is 1. The number of allylic oxidation sites excluding steroid dienone is 2. The Labute approximate surface area is 144 Å². The zero-order valence-electron chi connectivity index (χ0n) is 13.6. The summed E-state index contributed by atoms with van der Waals surface area (Å²) in [4.78, 5) is 12.6. The molecule has 4 rings (SSSR count). The van der Waals surface area contributed by atoms with Crippen LogP contribution in [0.15, 0.2) is 23.5 Å². The average molecular weight is 340 g/mol. The standard InChI is InChI=1S/C18H16N2O5/c1-22-13-5-9(6-14-17(13)24-8-23-14)15-10(7-19)18(20)25-12-4-2-3-11(21)16(12)15/h5-6,10,15,20H,2-4,8H2,1H3. The van der Waals surface area contributed by atoms with E-state index in [0.29, 0.717) is 53.4 Å². The van der Waals surface area contributed by atoms with Crippen molar-refractivity contribution in [3.05, 3.63) is 29.0 Å². The molecule has 25 heavy (non-hydrogen) atoms. The number of nitriles is 1. The second-order valence-electron chi connectivity index (χ2n) is 6.12. The lowest BCUT2D eigenvalue weighted by Gasteiger charge is -2.34. The fourth-order valence-electron chi connectivity index (χ4n) is 3.62. The van der Waals surface area contributed by atoms with Crippen LogP contribution in [0.4, 0.5) is 0 Å². The molecule has 0 fully saturated rings. The van der Waals surface area contributed by atoms with Crippen molar-refractivity contribution in [1.29, 1.82) is 10.7 Å². The van der Waals surface area contributed by atoms with Crippen molar-refractivity contribution >= 4 is 11.7 Å². The molecule has 0 saturated carbocycles. The smallest absolute Gasteiger partial charge is 0.231 e. The average Bonchev–Trinajstić information content (AvgIpc) is 3.08. The van der Waals surface area contributed by atoms with Gasteiger partial charge >= 0.3 is 0 Å². The minimum Gasteiger partial charge on any atom is -0.493 e. The van der Waals surface area contributed by atoms with E-state index in [9.17, 15) is 10.1 Å². The van der Waals surface area contributed by atoms with Gasteiger partial charge in [0.1, 0.15) is 11.7 Å². The van der Waals surface area contributed by atoms with Gasteiger partial charge in [0.15, 0.2) is 17.3 Å². The van der Waals surface area contributed by atoms with Crippen LogP contribution in [-0.2, 0) is 9.53 Å². The number of hydrogen-bond acceptors (Lipinski definition) is 7. The van der Waals surface area contributed by atoms with E-state index in [-0.39, 0.29) is 18.5 Å².